The molecule has 0 radical (unpaired) electrons. The van der Waals surface area contributed by atoms with Crippen molar-refractivity contribution in [1.82, 2.24) is 5.32 Å². The van der Waals surface area contributed by atoms with Gasteiger partial charge in [0.05, 0.1) is 6.61 Å². The Hall–Kier alpha value is -1.55. The van der Waals surface area contributed by atoms with Crippen LogP contribution < -0.4 is 10.6 Å². The lowest BCUT2D eigenvalue weighted by Gasteiger charge is -2.08. The van der Waals surface area contributed by atoms with Crippen molar-refractivity contribution < 1.29 is 9.90 Å². The van der Waals surface area contributed by atoms with Gasteiger partial charge in [-0.05, 0) is 18.6 Å². The van der Waals surface area contributed by atoms with Crippen LogP contribution in [-0.2, 0) is 0 Å². The summed E-state index contributed by atoms with van der Waals surface area (Å²) in [6.45, 7) is 2.13. The van der Waals surface area contributed by atoms with Crippen molar-refractivity contribution in [2.24, 2.45) is 0 Å². The number of para-hydroxylation sites is 1. The first-order chi connectivity index (χ1) is 6.74. The van der Waals surface area contributed by atoms with Crippen LogP contribution >= 0.6 is 0 Å². The Morgan fingerprint density at radius 2 is 2.14 bits per heavy atom. The predicted octanol–water partition coefficient (Wildman–Crippen LogP) is 1.11. The Balaban J connectivity index is 2.52. The van der Waals surface area contributed by atoms with Crippen LogP contribution in [-0.4, -0.2) is 24.3 Å². The molecule has 0 saturated heterocycles. The Bertz CT molecular complexity index is 313. The van der Waals surface area contributed by atoms with Crippen molar-refractivity contribution in [3.63, 3.8) is 0 Å². The summed E-state index contributed by atoms with van der Waals surface area (Å²) in [7, 11) is 0. The quantitative estimate of drug-likeness (QED) is 0.675. The topological polar surface area (TPSA) is 61.4 Å². The summed E-state index contributed by atoms with van der Waals surface area (Å²) in [5, 5.41) is 13.7. The van der Waals surface area contributed by atoms with Crippen LogP contribution in [0, 0.1) is 6.92 Å². The number of carbonyl (C=O) groups is 1. The molecular weight excluding hydrogens is 180 g/mol. The second-order valence-electron chi connectivity index (χ2n) is 2.92. The van der Waals surface area contributed by atoms with E-state index in [2.05, 4.69) is 10.6 Å². The summed E-state index contributed by atoms with van der Waals surface area (Å²) in [5.41, 5.74) is 1.79. The van der Waals surface area contributed by atoms with Gasteiger partial charge in [-0.25, -0.2) is 4.79 Å². The Morgan fingerprint density at radius 3 is 2.79 bits per heavy atom. The lowest BCUT2D eigenvalue weighted by molar-refractivity contribution is 0.245. The third-order valence-corrected chi connectivity index (χ3v) is 1.79. The number of carbonyl (C=O) groups excluding carboxylic acids is 1. The van der Waals surface area contributed by atoms with Crippen molar-refractivity contribution in [3.05, 3.63) is 29.8 Å². The van der Waals surface area contributed by atoms with Crippen molar-refractivity contribution >= 4 is 11.7 Å². The van der Waals surface area contributed by atoms with Gasteiger partial charge in [0.1, 0.15) is 0 Å². The maximum atomic E-state index is 11.2. The molecule has 4 nitrogen and oxygen atoms in total. The molecule has 1 rings (SSSR count). The minimum atomic E-state index is -0.298. The van der Waals surface area contributed by atoms with E-state index in [1.54, 1.807) is 0 Å². The van der Waals surface area contributed by atoms with Crippen molar-refractivity contribution in [3.8, 4) is 0 Å². The predicted molar refractivity (Wildman–Crippen MR) is 55.3 cm³/mol. The molecule has 0 heterocycles. The molecule has 1 aromatic rings. The Morgan fingerprint density at radius 1 is 1.43 bits per heavy atom. The summed E-state index contributed by atoms with van der Waals surface area (Å²) in [5.74, 6) is 0. The fourth-order valence-corrected chi connectivity index (χ4v) is 1.05. The molecule has 3 N–H and O–H groups in total. The monoisotopic (exact) mass is 194 g/mol. The molecule has 0 atom stereocenters. The number of aryl methyl sites for hydroxylation is 1. The molecule has 0 bridgehead atoms. The zero-order chi connectivity index (χ0) is 10.4. The van der Waals surface area contributed by atoms with Gasteiger partial charge >= 0.3 is 6.03 Å². The van der Waals surface area contributed by atoms with E-state index in [0.717, 1.165) is 11.3 Å². The van der Waals surface area contributed by atoms with Crippen molar-refractivity contribution in [2.75, 3.05) is 18.5 Å². The second-order valence-corrected chi connectivity index (χ2v) is 2.92. The van der Waals surface area contributed by atoms with E-state index >= 15 is 0 Å². The van der Waals surface area contributed by atoms with E-state index in [1.165, 1.54) is 0 Å². The summed E-state index contributed by atoms with van der Waals surface area (Å²) in [6, 6.07) is 7.21. The highest BCUT2D eigenvalue weighted by atomic mass is 16.3. The van der Waals surface area contributed by atoms with Crippen LogP contribution in [0.2, 0.25) is 0 Å². The molecule has 0 aliphatic heterocycles. The number of rotatable bonds is 3. The van der Waals surface area contributed by atoms with Gasteiger partial charge in [-0.2, -0.15) is 0 Å². The molecule has 14 heavy (non-hydrogen) atoms. The lowest BCUT2D eigenvalue weighted by atomic mass is 10.2. The first-order valence-corrected chi connectivity index (χ1v) is 4.45. The van der Waals surface area contributed by atoms with Gasteiger partial charge in [0.2, 0.25) is 0 Å². The maximum Gasteiger partial charge on any atom is 0.319 e. The number of hydrogen-bond donors (Lipinski definition) is 3. The van der Waals surface area contributed by atoms with Crippen molar-refractivity contribution in [2.45, 2.75) is 6.92 Å². The van der Waals surface area contributed by atoms with E-state index < -0.39 is 0 Å². The zero-order valence-electron chi connectivity index (χ0n) is 8.08. The first-order valence-electron chi connectivity index (χ1n) is 4.45. The van der Waals surface area contributed by atoms with Crippen molar-refractivity contribution in [1.29, 1.82) is 0 Å². The highest BCUT2D eigenvalue weighted by Crippen LogP contribution is 2.12. The van der Waals surface area contributed by atoms with Gasteiger partial charge in [0, 0.05) is 12.2 Å². The summed E-state index contributed by atoms with van der Waals surface area (Å²) in [6.07, 6.45) is 0. The number of anilines is 1. The average molecular weight is 194 g/mol. The molecule has 2 amide bonds. The van der Waals surface area contributed by atoms with E-state index in [9.17, 15) is 4.79 Å². The highest BCUT2D eigenvalue weighted by Gasteiger charge is 2.01. The largest absolute Gasteiger partial charge is 0.395 e. The van der Waals surface area contributed by atoms with E-state index in [0.29, 0.717) is 0 Å². The highest BCUT2D eigenvalue weighted by molar-refractivity contribution is 5.89. The SMILES string of the molecule is Cc1ccccc1NC(=O)NCCO. The fourth-order valence-electron chi connectivity index (χ4n) is 1.05. The van der Waals surface area contributed by atoms with Crippen LogP contribution in [0.3, 0.4) is 0 Å². The molecule has 0 saturated carbocycles. The number of amides is 2. The number of urea groups is 1. The number of hydrogen-bond acceptors (Lipinski definition) is 2. The second kappa shape index (κ2) is 5.24. The van der Waals surface area contributed by atoms with Gasteiger partial charge in [0.15, 0.2) is 0 Å². The molecule has 0 spiro atoms. The smallest absolute Gasteiger partial charge is 0.319 e. The van der Waals surface area contributed by atoms with Crippen LogP contribution in [0.4, 0.5) is 10.5 Å². The number of aliphatic hydroxyl groups is 1. The molecule has 4 heteroatoms. The third-order valence-electron chi connectivity index (χ3n) is 1.79. The van der Waals surface area contributed by atoms with Gasteiger partial charge in [0.25, 0.3) is 0 Å². The van der Waals surface area contributed by atoms with Crippen LogP contribution in [0.5, 0.6) is 0 Å². The van der Waals surface area contributed by atoms with Crippen LogP contribution in [0.25, 0.3) is 0 Å². The standard InChI is InChI=1S/C10H14N2O2/c1-8-4-2-3-5-9(8)12-10(14)11-6-7-13/h2-5,13H,6-7H2,1H3,(H2,11,12,14). The molecule has 0 fully saturated rings. The zero-order valence-corrected chi connectivity index (χ0v) is 8.08. The van der Waals surface area contributed by atoms with Gasteiger partial charge in [-0.1, -0.05) is 18.2 Å². The molecule has 0 unspecified atom stereocenters. The first kappa shape index (κ1) is 10.5. The van der Waals surface area contributed by atoms with Gasteiger partial charge in [-0.15, -0.1) is 0 Å². The van der Waals surface area contributed by atoms with Gasteiger partial charge < -0.3 is 15.7 Å². The van der Waals surface area contributed by atoms with Crippen LogP contribution in [0.1, 0.15) is 5.56 Å². The normalized spacial score (nSPS) is 9.57. The molecule has 0 aliphatic rings. The average Bonchev–Trinajstić information content (AvgIpc) is 2.18. The van der Waals surface area contributed by atoms with Gasteiger partial charge in [-0.3, -0.25) is 0 Å². The summed E-state index contributed by atoms with van der Waals surface area (Å²) in [4.78, 5) is 11.2. The Labute approximate surface area is 82.9 Å². The number of benzene rings is 1. The molecule has 0 aromatic heterocycles. The number of aliphatic hydroxyl groups excluding tert-OH is 1. The van der Waals surface area contributed by atoms with E-state index in [4.69, 9.17) is 5.11 Å². The molecular formula is C10H14N2O2. The fraction of sp³-hybridized carbons (Fsp3) is 0.300. The number of nitrogens with one attached hydrogen (secondary N) is 2. The summed E-state index contributed by atoms with van der Waals surface area (Å²) < 4.78 is 0. The lowest BCUT2D eigenvalue weighted by Crippen LogP contribution is -2.31. The van der Waals surface area contributed by atoms with Crippen LogP contribution in [0.15, 0.2) is 24.3 Å². The molecule has 0 aliphatic carbocycles. The molecule has 1 aromatic carbocycles. The maximum absolute atomic E-state index is 11.2. The van der Waals surface area contributed by atoms with E-state index in [1.807, 2.05) is 31.2 Å². The van der Waals surface area contributed by atoms with E-state index in [-0.39, 0.29) is 19.2 Å². The third kappa shape index (κ3) is 3.06. The Kier molecular flexibility index (Phi) is 3.94. The summed E-state index contributed by atoms with van der Waals surface area (Å²) >= 11 is 0. The minimum Gasteiger partial charge on any atom is -0.395 e. The molecule has 76 valence electrons. The minimum absolute atomic E-state index is 0.0544.